The summed E-state index contributed by atoms with van der Waals surface area (Å²) in [5.41, 5.74) is 0. The van der Waals surface area contributed by atoms with E-state index in [0.717, 1.165) is 6.04 Å². The summed E-state index contributed by atoms with van der Waals surface area (Å²) >= 11 is 0. The summed E-state index contributed by atoms with van der Waals surface area (Å²) < 4.78 is 0. The molecular formula is C10H21N3. The summed E-state index contributed by atoms with van der Waals surface area (Å²) in [6.07, 6.45) is 2.76. The minimum Gasteiger partial charge on any atom is -0.315 e. The lowest BCUT2D eigenvalue weighted by Gasteiger charge is -2.39. The lowest BCUT2D eigenvalue weighted by molar-refractivity contribution is 0.0974. The molecule has 3 nitrogen and oxygen atoms in total. The number of hydrogen-bond acceptors (Lipinski definition) is 3. The first-order valence-electron chi connectivity index (χ1n) is 5.49. The standard InChI is InChI=1S/C10H21N3/c1-12-5-7-13(8-6-12)10-3-2-4-11-9-10/h10-11H,2-9H2,1H3. The number of nitrogens with zero attached hydrogens (tertiary/aromatic N) is 2. The maximum Gasteiger partial charge on any atom is 0.0222 e. The second-order valence-electron chi connectivity index (χ2n) is 4.34. The van der Waals surface area contributed by atoms with Gasteiger partial charge >= 0.3 is 0 Å². The van der Waals surface area contributed by atoms with Crippen molar-refractivity contribution in [2.45, 2.75) is 18.9 Å². The summed E-state index contributed by atoms with van der Waals surface area (Å²) in [5.74, 6) is 0. The topological polar surface area (TPSA) is 18.5 Å². The Labute approximate surface area is 81.1 Å². The van der Waals surface area contributed by atoms with Crippen molar-refractivity contribution in [1.29, 1.82) is 0 Å². The molecule has 0 aromatic carbocycles. The molecule has 2 rings (SSSR count). The Hall–Kier alpha value is -0.120. The van der Waals surface area contributed by atoms with Crippen LogP contribution in [0.1, 0.15) is 12.8 Å². The average molecular weight is 183 g/mol. The number of nitrogens with one attached hydrogen (secondary N) is 1. The predicted molar refractivity (Wildman–Crippen MR) is 55.0 cm³/mol. The summed E-state index contributed by atoms with van der Waals surface area (Å²) in [5, 5.41) is 3.49. The molecule has 0 aromatic rings. The molecule has 0 radical (unpaired) electrons. The van der Waals surface area contributed by atoms with Crippen LogP contribution in [0.5, 0.6) is 0 Å². The molecule has 0 aliphatic carbocycles. The molecule has 2 aliphatic rings. The van der Waals surface area contributed by atoms with Gasteiger partial charge in [0, 0.05) is 38.8 Å². The van der Waals surface area contributed by atoms with E-state index in [-0.39, 0.29) is 0 Å². The largest absolute Gasteiger partial charge is 0.315 e. The molecule has 0 saturated carbocycles. The number of rotatable bonds is 1. The molecule has 1 N–H and O–H groups in total. The maximum absolute atomic E-state index is 3.49. The minimum atomic E-state index is 0.822. The minimum absolute atomic E-state index is 0.822. The van der Waals surface area contributed by atoms with Crippen LogP contribution < -0.4 is 5.32 Å². The van der Waals surface area contributed by atoms with Gasteiger partial charge in [-0.25, -0.2) is 0 Å². The van der Waals surface area contributed by atoms with Crippen molar-refractivity contribution < 1.29 is 0 Å². The SMILES string of the molecule is CN1CCN(C2CCCNC2)CC1. The van der Waals surface area contributed by atoms with Gasteiger partial charge in [-0.1, -0.05) is 0 Å². The lowest BCUT2D eigenvalue weighted by atomic mass is 10.1. The molecule has 1 unspecified atom stereocenters. The lowest BCUT2D eigenvalue weighted by Crippen LogP contribution is -2.53. The van der Waals surface area contributed by atoms with Gasteiger partial charge in [-0.15, -0.1) is 0 Å². The van der Waals surface area contributed by atoms with E-state index in [9.17, 15) is 0 Å². The van der Waals surface area contributed by atoms with Crippen molar-refractivity contribution >= 4 is 0 Å². The van der Waals surface area contributed by atoms with E-state index >= 15 is 0 Å². The third-order valence-electron chi connectivity index (χ3n) is 3.33. The highest BCUT2D eigenvalue weighted by Gasteiger charge is 2.23. The molecule has 2 aliphatic heterocycles. The second-order valence-corrected chi connectivity index (χ2v) is 4.34. The fourth-order valence-electron chi connectivity index (χ4n) is 2.33. The fraction of sp³-hybridized carbons (Fsp3) is 1.00. The summed E-state index contributed by atoms with van der Waals surface area (Å²) in [4.78, 5) is 5.08. The summed E-state index contributed by atoms with van der Waals surface area (Å²) in [7, 11) is 2.22. The highest BCUT2D eigenvalue weighted by molar-refractivity contribution is 4.81. The average Bonchev–Trinajstić information content (AvgIpc) is 2.20. The highest BCUT2D eigenvalue weighted by atomic mass is 15.3. The van der Waals surface area contributed by atoms with E-state index in [0.29, 0.717) is 0 Å². The quantitative estimate of drug-likeness (QED) is 0.616. The summed E-state index contributed by atoms with van der Waals surface area (Å²) in [6, 6.07) is 0.822. The Morgan fingerprint density at radius 2 is 1.92 bits per heavy atom. The Bertz CT molecular complexity index is 146. The van der Waals surface area contributed by atoms with Crippen LogP contribution in [0.3, 0.4) is 0 Å². The van der Waals surface area contributed by atoms with Gasteiger partial charge in [0.25, 0.3) is 0 Å². The highest BCUT2D eigenvalue weighted by Crippen LogP contribution is 2.12. The van der Waals surface area contributed by atoms with Crippen molar-refractivity contribution in [2.75, 3.05) is 46.3 Å². The Morgan fingerprint density at radius 3 is 2.54 bits per heavy atom. The van der Waals surface area contributed by atoms with Crippen molar-refractivity contribution in [2.24, 2.45) is 0 Å². The van der Waals surface area contributed by atoms with Crippen LogP contribution >= 0.6 is 0 Å². The number of hydrogen-bond donors (Lipinski definition) is 1. The normalized spacial score (nSPS) is 33.5. The van der Waals surface area contributed by atoms with Crippen LogP contribution in [0.4, 0.5) is 0 Å². The molecule has 1 atom stereocenters. The van der Waals surface area contributed by atoms with Gasteiger partial charge in [0.1, 0.15) is 0 Å². The molecule has 2 heterocycles. The third-order valence-corrected chi connectivity index (χ3v) is 3.33. The molecule has 0 aromatic heterocycles. The Kier molecular flexibility index (Phi) is 3.19. The van der Waals surface area contributed by atoms with Crippen molar-refractivity contribution in [3.63, 3.8) is 0 Å². The second kappa shape index (κ2) is 4.40. The Morgan fingerprint density at radius 1 is 1.15 bits per heavy atom. The van der Waals surface area contributed by atoms with E-state index in [1.807, 2.05) is 0 Å². The predicted octanol–water partition coefficient (Wildman–Crippen LogP) is -0.0142. The van der Waals surface area contributed by atoms with Gasteiger partial charge in [0.05, 0.1) is 0 Å². The number of piperidine rings is 1. The molecule has 2 fully saturated rings. The first-order chi connectivity index (χ1) is 6.36. The molecular weight excluding hydrogens is 162 g/mol. The molecule has 2 saturated heterocycles. The first-order valence-corrected chi connectivity index (χ1v) is 5.49. The van der Waals surface area contributed by atoms with Crippen LogP contribution in [-0.4, -0.2) is 62.2 Å². The zero-order valence-electron chi connectivity index (χ0n) is 8.63. The maximum atomic E-state index is 3.49. The van der Waals surface area contributed by atoms with Crippen LogP contribution in [0.2, 0.25) is 0 Å². The molecule has 76 valence electrons. The van der Waals surface area contributed by atoms with E-state index < -0.39 is 0 Å². The molecule has 0 amide bonds. The first kappa shape index (κ1) is 9.44. The monoisotopic (exact) mass is 183 g/mol. The van der Waals surface area contributed by atoms with Gasteiger partial charge in [0.2, 0.25) is 0 Å². The van der Waals surface area contributed by atoms with Crippen molar-refractivity contribution in [1.82, 2.24) is 15.1 Å². The van der Waals surface area contributed by atoms with E-state index in [1.165, 1.54) is 52.1 Å². The van der Waals surface area contributed by atoms with E-state index in [4.69, 9.17) is 0 Å². The smallest absolute Gasteiger partial charge is 0.0222 e. The van der Waals surface area contributed by atoms with Gasteiger partial charge in [-0.2, -0.15) is 0 Å². The molecule has 13 heavy (non-hydrogen) atoms. The van der Waals surface area contributed by atoms with Crippen molar-refractivity contribution in [3.05, 3.63) is 0 Å². The number of piperazine rings is 1. The van der Waals surface area contributed by atoms with E-state index in [1.54, 1.807) is 0 Å². The van der Waals surface area contributed by atoms with Gasteiger partial charge in [0.15, 0.2) is 0 Å². The third kappa shape index (κ3) is 2.42. The fourth-order valence-corrected chi connectivity index (χ4v) is 2.33. The van der Waals surface area contributed by atoms with Crippen LogP contribution in [0, 0.1) is 0 Å². The van der Waals surface area contributed by atoms with Crippen LogP contribution in [0.25, 0.3) is 0 Å². The molecule has 0 spiro atoms. The van der Waals surface area contributed by atoms with Crippen molar-refractivity contribution in [3.8, 4) is 0 Å². The molecule has 0 bridgehead atoms. The van der Waals surface area contributed by atoms with Gasteiger partial charge < -0.3 is 10.2 Å². The van der Waals surface area contributed by atoms with Crippen LogP contribution in [-0.2, 0) is 0 Å². The van der Waals surface area contributed by atoms with Gasteiger partial charge in [-0.3, -0.25) is 4.90 Å². The Balaban J connectivity index is 1.79. The molecule has 3 heteroatoms. The van der Waals surface area contributed by atoms with Crippen LogP contribution in [0.15, 0.2) is 0 Å². The zero-order chi connectivity index (χ0) is 9.10. The van der Waals surface area contributed by atoms with Gasteiger partial charge in [-0.05, 0) is 26.4 Å². The number of likely N-dealkylation sites (N-methyl/N-ethyl adjacent to an activating group) is 1. The summed E-state index contributed by atoms with van der Waals surface area (Å²) in [6.45, 7) is 7.46. The zero-order valence-corrected chi connectivity index (χ0v) is 8.63. The van der Waals surface area contributed by atoms with E-state index in [2.05, 4.69) is 22.2 Å².